The van der Waals surface area contributed by atoms with Gasteiger partial charge in [0.25, 0.3) is 0 Å². The fourth-order valence-corrected chi connectivity index (χ4v) is 4.40. The molecule has 5 N–H and O–H groups in total. The number of aromatic carboxylic acids is 1. The SMILES string of the molecule is Nc1ncnn2cc(C(=O)O)c(-c3ccc(NC(=O)Nc4ccc(CN5CCCC5)cc4)cc3)c12. The molecule has 0 atom stereocenters. The third kappa shape index (κ3) is 4.78. The van der Waals surface area contributed by atoms with Gasteiger partial charge in [-0.2, -0.15) is 5.10 Å². The maximum absolute atomic E-state index is 12.5. The van der Waals surface area contributed by atoms with Gasteiger partial charge in [0.05, 0.1) is 5.56 Å². The summed E-state index contributed by atoms with van der Waals surface area (Å²) in [4.78, 5) is 30.7. The first-order valence-electron chi connectivity index (χ1n) is 11.3. The molecule has 0 aliphatic carbocycles. The highest BCUT2D eigenvalue weighted by molar-refractivity contribution is 6.04. The number of anilines is 3. The van der Waals surface area contributed by atoms with Crippen LogP contribution in [-0.4, -0.2) is 49.7 Å². The molecule has 0 saturated carbocycles. The lowest BCUT2D eigenvalue weighted by Gasteiger charge is -2.15. The number of aromatic nitrogens is 3. The molecule has 2 aromatic carbocycles. The van der Waals surface area contributed by atoms with Crippen molar-refractivity contribution in [1.82, 2.24) is 19.5 Å². The van der Waals surface area contributed by atoms with Crippen LogP contribution in [0.4, 0.5) is 22.0 Å². The Bertz CT molecular complexity index is 1370. The van der Waals surface area contributed by atoms with Crippen molar-refractivity contribution in [2.24, 2.45) is 0 Å². The Kier molecular flexibility index (Phi) is 6.02. The molecule has 1 saturated heterocycles. The van der Waals surface area contributed by atoms with E-state index >= 15 is 0 Å². The van der Waals surface area contributed by atoms with Crippen molar-refractivity contribution in [1.29, 1.82) is 0 Å². The van der Waals surface area contributed by atoms with Gasteiger partial charge in [-0.05, 0) is 61.3 Å². The van der Waals surface area contributed by atoms with E-state index in [-0.39, 0.29) is 17.4 Å². The number of benzene rings is 2. The van der Waals surface area contributed by atoms with Crippen molar-refractivity contribution in [3.63, 3.8) is 0 Å². The van der Waals surface area contributed by atoms with Crippen molar-refractivity contribution in [3.8, 4) is 11.1 Å². The second kappa shape index (κ2) is 9.43. The zero-order valence-corrected chi connectivity index (χ0v) is 18.9. The van der Waals surface area contributed by atoms with E-state index in [1.165, 1.54) is 35.4 Å². The molecule has 1 fully saturated rings. The van der Waals surface area contributed by atoms with E-state index in [1.54, 1.807) is 24.3 Å². The summed E-state index contributed by atoms with van der Waals surface area (Å²) in [5, 5.41) is 19.3. The lowest BCUT2D eigenvalue weighted by molar-refractivity contribution is 0.0697. The van der Waals surface area contributed by atoms with Crippen LogP contribution >= 0.6 is 0 Å². The quantitative estimate of drug-likeness (QED) is 0.334. The Morgan fingerprint density at radius 1 is 0.971 bits per heavy atom. The number of hydrogen-bond donors (Lipinski definition) is 4. The van der Waals surface area contributed by atoms with E-state index in [4.69, 9.17) is 5.73 Å². The van der Waals surface area contributed by atoms with E-state index in [0.29, 0.717) is 28.0 Å². The lowest BCUT2D eigenvalue weighted by atomic mass is 10.0. The smallest absolute Gasteiger partial charge is 0.337 e. The van der Waals surface area contributed by atoms with Crippen LogP contribution < -0.4 is 16.4 Å². The van der Waals surface area contributed by atoms with Gasteiger partial charge in [-0.3, -0.25) is 4.90 Å². The summed E-state index contributed by atoms with van der Waals surface area (Å²) in [5.41, 5.74) is 9.98. The molecule has 10 heteroatoms. The Morgan fingerprint density at radius 3 is 2.23 bits per heavy atom. The van der Waals surface area contributed by atoms with Crippen molar-refractivity contribution < 1.29 is 14.7 Å². The number of carboxylic acid groups (broad SMARTS) is 1. The number of nitrogens with two attached hydrogens (primary N) is 1. The molecular weight excluding hydrogens is 446 g/mol. The number of likely N-dealkylation sites (tertiary alicyclic amines) is 1. The second-order valence-electron chi connectivity index (χ2n) is 8.50. The number of nitrogens with one attached hydrogen (secondary N) is 2. The minimum atomic E-state index is -1.10. The second-order valence-corrected chi connectivity index (χ2v) is 8.50. The molecule has 0 radical (unpaired) electrons. The Morgan fingerprint density at radius 2 is 1.60 bits per heavy atom. The Labute approximate surface area is 201 Å². The fraction of sp³-hybridized carbons (Fsp3) is 0.200. The fourth-order valence-electron chi connectivity index (χ4n) is 4.40. The number of nitrogens with zero attached hydrogens (tertiary/aromatic N) is 4. The highest BCUT2D eigenvalue weighted by Gasteiger charge is 2.21. The Balaban J connectivity index is 1.27. The number of carbonyl (C=O) groups excluding carboxylic acids is 1. The number of amides is 2. The number of hydrogen-bond acceptors (Lipinski definition) is 6. The summed E-state index contributed by atoms with van der Waals surface area (Å²) in [5.74, 6) is -0.923. The molecule has 3 heterocycles. The minimum Gasteiger partial charge on any atom is -0.478 e. The van der Waals surface area contributed by atoms with Crippen molar-refractivity contribution in [2.75, 3.05) is 29.5 Å². The van der Waals surface area contributed by atoms with Crippen molar-refractivity contribution in [3.05, 3.63) is 72.2 Å². The van der Waals surface area contributed by atoms with Gasteiger partial charge in [0.1, 0.15) is 11.8 Å². The van der Waals surface area contributed by atoms with Crippen LogP contribution in [0.5, 0.6) is 0 Å². The molecule has 0 spiro atoms. The third-order valence-corrected chi connectivity index (χ3v) is 6.08. The normalized spacial score (nSPS) is 13.7. The van der Waals surface area contributed by atoms with Crippen LogP contribution in [0.3, 0.4) is 0 Å². The molecule has 5 rings (SSSR count). The van der Waals surface area contributed by atoms with E-state index in [1.807, 2.05) is 24.3 Å². The minimum absolute atomic E-state index is 0.0591. The summed E-state index contributed by atoms with van der Waals surface area (Å²) in [6, 6.07) is 14.3. The number of carbonyl (C=O) groups is 2. The highest BCUT2D eigenvalue weighted by Crippen LogP contribution is 2.33. The summed E-state index contributed by atoms with van der Waals surface area (Å²) in [6.07, 6.45) is 5.18. The molecule has 1 aliphatic rings. The summed E-state index contributed by atoms with van der Waals surface area (Å²) >= 11 is 0. The van der Waals surface area contributed by atoms with Crippen molar-refractivity contribution >= 4 is 34.7 Å². The predicted octanol–water partition coefficient (Wildman–Crippen LogP) is 3.92. The average Bonchev–Trinajstić information content (AvgIpc) is 3.49. The van der Waals surface area contributed by atoms with Crippen molar-refractivity contribution in [2.45, 2.75) is 19.4 Å². The first-order chi connectivity index (χ1) is 17.0. The molecule has 0 bridgehead atoms. The van der Waals surface area contributed by atoms with Gasteiger partial charge in [-0.25, -0.2) is 19.1 Å². The van der Waals surface area contributed by atoms with Crippen LogP contribution in [0.15, 0.2) is 61.1 Å². The molecule has 10 nitrogen and oxygen atoms in total. The van der Waals surface area contributed by atoms with E-state index in [2.05, 4.69) is 25.6 Å². The Hall–Kier alpha value is -4.44. The largest absolute Gasteiger partial charge is 0.478 e. The van der Waals surface area contributed by atoms with Crippen LogP contribution in [0.2, 0.25) is 0 Å². The molecule has 178 valence electrons. The zero-order chi connectivity index (χ0) is 24.4. The number of fused-ring (bicyclic) bond motifs is 1. The lowest BCUT2D eigenvalue weighted by Crippen LogP contribution is -2.20. The summed E-state index contributed by atoms with van der Waals surface area (Å²) in [7, 11) is 0. The van der Waals surface area contributed by atoms with Gasteiger partial charge in [0, 0.05) is 29.7 Å². The molecular formula is C25H25N7O3. The monoisotopic (exact) mass is 471 g/mol. The summed E-state index contributed by atoms with van der Waals surface area (Å²) in [6.45, 7) is 3.21. The zero-order valence-electron chi connectivity index (χ0n) is 18.9. The molecule has 1 aliphatic heterocycles. The molecule has 2 aromatic heterocycles. The van der Waals surface area contributed by atoms with Gasteiger partial charge < -0.3 is 21.5 Å². The standard InChI is InChI=1S/C25H25N7O3/c26-23-22-21(20(24(33)34)14-32(22)28-15-27-23)17-5-9-19(10-6-17)30-25(35)29-18-7-3-16(4-8-18)13-31-11-1-2-12-31/h3-10,14-15H,1-2,11-13H2,(H,33,34)(H2,26,27,28)(H2,29,30,35). The number of nitrogen functional groups attached to an aromatic ring is 1. The average molecular weight is 472 g/mol. The van der Waals surface area contributed by atoms with Gasteiger partial charge in [-0.1, -0.05) is 24.3 Å². The highest BCUT2D eigenvalue weighted by atomic mass is 16.4. The third-order valence-electron chi connectivity index (χ3n) is 6.08. The van der Waals surface area contributed by atoms with Gasteiger partial charge in [-0.15, -0.1) is 0 Å². The molecule has 4 aromatic rings. The number of carboxylic acids is 1. The molecule has 35 heavy (non-hydrogen) atoms. The topological polar surface area (TPSA) is 138 Å². The maximum atomic E-state index is 12.5. The predicted molar refractivity (Wildman–Crippen MR) is 133 cm³/mol. The van der Waals surface area contributed by atoms with E-state index in [0.717, 1.165) is 19.6 Å². The van der Waals surface area contributed by atoms with E-state index < -0.39 is 5.97 Å². The number of urea groups is 1. The van der Waals surface area contributed by atoms with Gasteiger partial charge in [0.2, 0.25) is 0 Å². The van der Waals surface area contributed by atoms with Crippen LogP contribution in [0, 0.1) is 0 Å². The van der Waals surface area contributed by atoms with Gasteiger partial charge >= 0.3 is 12.0 Å². The maximum Gasteiger partial charge on any atom is 0.337 e. The number of rotatable bonds is 6. The molecule has 0 unspecified atom stereocenters. The van der Waals surface area contributed by atoms with Crippen LogP contribution in [0.1, 0.15) is 28.8 Å². The first kappa shape index (κ1) is 22.4. The van der Waals surface area contributed by atoms with Gasteiger partial charge in [0.15, 0.2) is 5.82 Å². The van der Waals surface area contributed by atoms with Crippen LogP contribution in [-0.2, 0) is 6.54 Å². The van der Waals surface area contributed by atoms with Crippen LogP contribution in [0.25, 0.3) is 16.6 Å². The first-order valence-corrected chi connectivity index (χ1v) is 11.3. The summed E-state index contributed by atoms with van der Waals surface area (Å²) < 4.78 is 1.40. The van der Waals surface area contributed by atoms with E-state index in [9.17, 15) is 14.7 Å². The molecule has 2 amide bonds.